The van der Waals surface area contributed by atoms with Crippen LogP contribution in [0.5, 0.6) is 0 Å². The molecule has 0 spiro atoms. The molecule has 1 heterocycles. The van der Waals surface area contributed by atoms with Gasteiger partial charge < -0.3 is 10.2 Å². The summed E-state index contributed by atoms with van der Waals surface area (Å²) in [4.78, 5) is 11.2. The van der Waals surface area contributed by atoms with Gasteiger partial charge in [0.15, 0.2) is 0 Å². The zero-order valence-electron chi connectivity index (χ0n) is 11.4. The Labute approximate surface area is 120 Å². The maximum atomic E-state index is 14.2. The van der Waals surface area contributed by atoms with Gasteiger partial charge in [0, 0.05) is 5.56 Å². The van der Waals surface area contributed by atoms with Crippen LogP contribution in [-0.4, -0.2) is 16.2 Å². The maximum absolute atomic E-state index is 14.2. The van der Waals surface area contributed by atoms with Crippen molar-refractivity contribution in [2.45, 2.75) is 26.4 Å². The van der Waals surface area contributed by atoms with Crippen LogP contribution >= 0.6 is 11.3 Å². The van der Waals surface area contributed by atoms with E-state index in [1.807, 2.05) is 0 Å². The Morgan fingerprint density at radius 1 is 1.30 bits per heavy atom. The quantitative estimate of drug-likeness (QED) is 0.905. The molecule has 0 aliphatic heterocycles. The van der Waals surface area contributed by atoms with E-state index < -0.39 is 17.4 Å². The van der Waals surface area contributed by atoms with E-state index >= 15 is 0 Å². The molecule has 20 heavy (non-hydrogen) atoms. The second kappa shape index (κ2) is 5.00. The third-order valence-corrected chi connectivity index (χ3v) is 4.27. The number of carbonyl (C=O) groups is 1. The molecular weight excluding hydrogens is 279 g/mol. The zero-order chi connectivity index (χ0) is 15.1. The summed E-state index contributed by atoms with van der Waals surface area (Å²) in [6.45, 7) is 4.83. The Morgan fingerprint density at radius 2 is 1.95 bits per heavy atom. The summed E-state index contributed by atoms with van der Waals surface area (Å²) < 4.78 is 14.2. The van der Waals surface area contributed by atoms with Gasteiger partial charge in [-0.25, -0.2) is 9.18 Å². The number of thiophene rings is 1. The SMILES string of the molecule is Cc1c(-c2ccc(C(C)(C)O)cc2F)csc1C(=O)O. The van der Waals surface area contributed by atoms with Crippen LogP contribution in [0.2, 0.25) is 0 Å². The first-order valence-electron chi connectivity index (χ1n) is 6.06. The van der Waals surface area contributed by atoms with Crippen LogP contribution in [0.15, 0.2) is 23.6 Å². The van der Waals surface area contributed by atoms with Gasteiger partial charge in [-0.3, -0.25) is 0 Å². The minimum atomic E-state index is -1.12. The topological polar surface area (TPSA) is 57.5 Å². The predicted molar refractivity (Wildman–Crippen MR) is 76.7 cm³/mol. The minimum Gasteiger partial charge on any atom is -0.477 e. The van der Waals surface area contributed by atoms with Crippen molar-refractivity contribution in [1.82, 2.24) is 0 Å². The van der Waals surface area contributed by atoms with Gasteiger partial charge >= 0.3 is 5.97 Å². The number of rotatable bonds is 3. The molecule has 5 heteroatoms. The Bertz CT molecular complexity index is 668. The molecular formula is C15H15FO3S. The van der Waals surface area contributed by atoms with Crippen LogP contribution in [0, 0.1) is 12.7 Å². The molecule has 2 aromatic rings. The molecule has 106 valence electrons. The van der Waals surface area contributed by atoms with Crippen molar-refractivity contribution in [3.63, 3.8) is 0 Å². The van der Waals surface area contributed by atoms with Gasteiger partial charge in [0.25, 0.3) is 0 Å². The van der Waals surface area contributed by atoms with Crippen LogP contribution in [0.4, 0.5) is 4.39 Å². The van der Waals surface area contributed by atoms with Gasteiger partial charge in [-0.15, -0.1) is 11.3 Å². The molecule has 0 aliphatic rings. The Hall–Kier alpha value is -1.72. The molecule has 2 N–H and O–H groups in total. The summed E-state index contributed by atoms with van der Waals surface area (Å²) >= 11 is 1.08. The average molecular weight is 294 g/mol. The fraction of sp³-hybridized carbons (Fsp3) is 0.267. The molecule has 0 atom stereocenters. The number of carboxylic acid groups (broad SMARTS) is 1. The van der Waals surface area contributed by atoms with Crippen molar-refractivity contribution >= 4 is 17.3 Å². The van der Waals surface area contributed by atoms with Crippen molar-refractivity contribution in [3.05, 3.63) is 45.4 Å². The molecule has 1 aromatic carbocycles. The third-order valence-electron chi connectivity index (χ3n) is 3.20. The highest BCUT2D eigenvalue weighted by molar-refractivity contribution is 7.12. The fourth-order valence-corrected chi connectivity index (χ4v) is 2.93. The lowest BCUT2D eigenvalue weighted by Gasteiger charge is -2.18. The fourth-order valence-electron chi connectivity index (χ4n) is 2.01. The molecule has 3 nitrogen and oxygen atoms in total. The number of aromatic carboxylic acids is 1. The molecule has 0 bridgehead atoms. The Balaban J connectivity index is 2.52. The van der Waals surface area contributed by atoms with Gasteiger partial charge in [0.05, 0.1) is 5.60 Å². The average Bonchev–Trinajstić information content (AvgIpc) is 2.70. The highest BCUT2D eigenvalue weighted by Crippen LogP contribution is 2.34. The Kier molecular flexibility index (Phi) is 3.67. The molecule has 0 saturated heterocycles. The van der Waals surface area contributed by atoms with E-state index in [-0.39, 0.29) is 4.88 Å². The highest BCUT2D eigenvalue weighted by Gasteiger charge is 2.20. The van der Waals surface area contributed by atoms with E-state index in [4.69, 9.17) is 5.11 Å². The van der Waals surface area contributed by atoms with Crippen LogP contribution in [0.3, 0.4) is 0 Å². The molecule has 0 amide bonds. The molecule has 0 saturated carbocycles. The van der Waals surface area contributed by atoms with E-state index in [2.05, 4.69) is 0 Å². The van der Waals surface area contributed by atoms with Crippen molar-refractivity contribution in [2.75, 3.05) is 0 Å². The summed E-state index contributed by atoms with van der Waals surface area (Å²) in [6, 6.07) is 4.51. The summed E-state index contributed by atoms with van der Waals surface area (Å²) in [6.07, 6.45) is 0. The van der Waals surface area contributed by atoms with Crippen molar-refractivity contribution in [1.29, 1.82) is 0 Å². The van der Waals surface area contributed by atoms with Crippen LogP contribution < -0.4 is 0 Å². The summed E-state index contributed by atoms with van der Waals surface area (Å²) in [5.74, 6) is -1.48. The smallest absolute Gasteiger partial charge is 0.346 e. The first-order valence-corrected chi connectivity index (χ1v) is 6.94. The van der Waals surface area contributed by atoms with E-state index in [0.717, 1.165) is 11.3 Å². The zero-order valence-corrected chi connectivity index (χ0v) is 12.2. The second-order valence-electron chi connectivity index (χ2n) is 5.16. The van der Waals surface area contributed by atoms with E-state index in [1.54, 1.807) is 38.3 Å². The summed E-state index contributed by atoms with van der Waals surface area (Å²) in [7, 11) is 0. The molecule has 1 aromatic heterocycles. The minimum absolute atomic E-state index is 0.214. The monoisotopic (exact) mass is 294 g/mol. The van der Waals surface area contributed by atoms with Gasteiger partial charge in [-0.2, -0.15) is 0 Å². The number of hydrogen-bond donors (Lipinski definition) is 2. The lowest BCUT2D eigenvalue weighted by molar-refractivity contribution is 0.0701. The lowest BCUT2D eigenvalue weighted by atomic mass is 9.94. The number of carboxylic acids is 1. The number of hydrogen-bond acceptors (Lipinski definition) is 3. The van der Waals surface area contributed by atoms with Crippen molar-refractivity contribution in [2.24, 2.45) is 0 Å². The number of aliphatic hydroxyl groups is 1. The van der Waals surface area contributed by atoms with Crippen molar-refractivity contribution < 1.29 is 19.4 Å². The van der Waals surface area contributed by atoms with Crippen LogP contribution in [0.1, 0.15) is 34.6 Å². The predicted octanol–water partition coefficient (Wildman–Crippen LogP) is 3.79. The van der Waals surface area contributed by atoms with Gasteiger partial charge in [-0.1, -0.05) is 12.1 Å². The largest absolute Gasteiger partial charge is 0.477 e. The van der Waals surface area contributed by atoms with E-state index in [9.17, 15) is 14.3 Å². The van der Waals surface area contributed by atoms with Gasteiger partial charge in [0.2, 0.25) is 0 Å². The standard InChI is InChI=1S/C15H15FO3S/c1-8-11(7-20-13(8)14(17)18)10-5-4-9(6-12(10)16)15(2,3)19/h4-7,19H,1-3H3,(H,17,18). The molecule has 2 rings (SSSR count). The van der Waals surface area contributed by atoms with Crippen LogP contribution in [-0.2, 0) is 5.60 Å². The number of benzene rings is 1. The third kappa shape index (κ3) is 2.59. The second-order valence-corrected chi connectivity index (χ2v) is 6.04. The lowest BCUT2D eigenvalue weighted by Crippen LogP contribution is -2.15. The normalized spacial score (nSPS) is 11.7. The molecule has 0 fully saturated rings. The first-order chi connectivity index (χ1) is 9.21. The molecule has 0 aliphatic carbocycles. The van der Waals surface area contributed by atoms with Crippen molar-refractivity contribution in [3.8, 4) is 11.1 Å². The number of halogens is 1. The molecule has 0 radical (unpaired) electrons. The molecule has 0 unspecified atom stereocenters. The van der Waals surface area contributed by atoms with Gasteiger partial charge in [-0.05, 0) is 48.9 Å². The van der Waals surface area contributed by atoms with Gasteiger partial charge in [0.1, 0.15) is 10.7 Å². The van der Waals surface area contributed by atoms with E-state index in [1.165, 1.54) is 6.07 Å². The first kappa shape index (κ1) is 14.7. The summed E-state index contributed by atoms with van der Waals surface area (Å²) in [5, 5.41) is 20.5. The maximum Gasteiger partial charge on any atom is 0.346 e. The van der Waals surface area contributed by atoms with Crippen LogP contribution in [0.25, 0.3) is 11.1 Å². The van der Waals surface area contributed by atoms with E-state index in [0.29, 0.717) is 22.3 Å². The highest BCUT2D eigenvalue weighted by atomic mass is 32.1. The Morgan fingerprint density at radius 3 is 2.40 bits per heavy atom. The summed E-state index contributed by atoms with van der Waals surface area (Å²) in [5.41, 5.74) is 0.837.